The highest BCUT2D eigenvalue weighted by atomic mass is 127. The van der Waals surface area contributed by atoms with E-state index in [1.54, 1.807) is 7.05 Å². The highest BCUT2D eigenvalue weighted by Gasteiger charge is 2.42. The van der Waals surface area contributed by atoms with E-state index in [4.69, 9.17) is 9.47 Å². The van der Waals surface area contributed by atoms with Crippen molar-refractivity contribution >= 4 is 35.9 Å². The fourth-order valence-electron chi connectivity index (χ4n) is 2.95. The maximum atomic E-state index is 11.8. The maximum Gasteiger partial charge on any atom is 0.325 e. The number of nitrogens with zero attached hydrogens (tertiary/aromatic N) is 2. The van der Waals surface area contributed by atoms with Gasteiger partial charge in [0.05, 0.1) is 6.61 Å². The van der Waals surface area contributed by atoms with Gasteiger partial charge in [0.2, 0.25) is 0 Å². The summed E-state index contributed by atoms with van der Waals surface area (Å²) in [5.41, 5.74) is -0.176. The lowest BCUT2D eigenvalue weighted by Crippen LogP contribution is -2.44. The van der Waals surface area contributed by atoms with Gasteiger partial charge in [0, 0.05) is 32.2 Å². The third kappa shape index (κ3) is 5.26. The van der Waals surface area contributed by atoms with Crippen LogP contribution in [0.3, 0.4) is 0 Å². The van der Waals surface area contributed by atoms with E-state index >= 15 is 0 Å². The van der Waals surface area contributed by atoms with Gasteiger partial charge in [-0.3, -0.25) is 9.79 Å². The summed E-state index contributed by atoms with van der Waals surface area (Å²) >= 11 is 0. The van der Waals surface area contributed by atoms with Crippen molar-refractivity contribution in [2.75, 3.05) is 39.9 Å². The Morgan fingerprint density at radius 2 is 2.14 bits per heavy atom. The zero-order valence-corrected chi connectivity index (χ0v) is 16.3. The molecule has 0 bridgehead atoms. The van der Waals surface area contributed by atoms with E-state index in [1.807, 2.05) is 20.8 Å². The van der Waals surface area contributed by atoms with Crippen molar-refractivity contribution in [1.82, 2.24) is 10.2 Å². The molecule has 128 valence electrons. The molecule has 0 aromatic carbocycles. The van der Waals surface area contributed by atoms with Crippen LogP contribution in [0.5, 0.6) is 0 Å². The summed E-state index contributed by atoms with van der Waals surface area (Å²) in [5, 5.41) is 3.10. The Balaban J connectivity index is 0.00000242. The lowest BCUT2D eigenvalue weighted by Gasteiger charge is -2.25. The molecule has 2 fully saturated rings. The van der Waals surface area contributed by atoms with Crippen LogP contribution in [0.2, 0.25) is 0 Å². The van der Waals surface area contributed by atoms with E-state index in [-0.39, 0.29) is 41.9 Å². The van der Waals surface area contributed by atoms with Gasteiger partial charge in [-0.2, -0.15) is 0 Å². The molecule has 1 N–H and O–H groups in total. The maximum absolute atomic E-state index is 11.8. The second-order valence-corrected chi connectivity index (χ2v) is 6.96. The van der Waals surface area contributed by atoms with E-state index in [2.05, 4.69) is 15.2 Å². The summed E-state index contributed by atoms with van der Waals surface area (Å²) in [6.07, 6.45) is 2.24. The Labute approximate surface area is 150 Å². The summed E-state index contributed by atoms with van der Waals surface area (Å²) in [7, 11) is 1.74. The Morgan fingerprint density at radius 3 is 2.68 bits per heavy atom. The third-order valence-electron chi connectivity index (χ3n) is 3.95. The van der Waals surface area contributed by atoms with Gasteiger partial charge < -0.3 is 19.7 Å². The van der Waals surface area contributed by atoms with Crippen molar-refractivity contribution < 1.29 is 14.3 Å². The number of likely N-dealkylation sites (tertiary alicyclic amines) is 1. The Bertz CT molecular complexity index is 415. The predicted octanol–water partition coefficient (Wildman–Crippen LogP) is 1.63. The summed E-state index contributed by atoms with van der Waals surface area (Å²) in [4.78, 5) is 18.2. The molecule has 2 rings (SSSR count). The molecule has 22 heavy (non-hydrogen) atoms. The van der Waals surface area contributed by atoms with Gasteiger partial charge in [0.15, 0.2) is 5.96 Å². The molecule has 2 saturated heterocycles. The number of hydrogen-bond acceptors (Lipinski definition) is 4. The van der Waals surface area contributed by atoms with Crippen LogP contribution in [-0.2, 0) is 14.3 Å². The van der Waals surface area contributed by atoms with Crippen LogP contribution in [0.1, 0.15) is 33.6 Å². The third-order valence-corrected chi connectivity index (χ3v) is 3.95. The molecule has 0 aliphatic carbocycles. The SMILES string of the molecule is CN=C(NCC(=O)OC(C)(C)C)N1CCC2(CCOC2)C1.I. The molecule has 0 aromatic rings. The van der Waals surface area contributed by atoms with E-state index in [0.717, 1.165) is 45.1 Å². The number of carbonyl (C=O) groups is 1. The molecular formula is C15H28IN3O3. The molecule has 2 heterocycles. The van der Waals surface area contributed by atoms with Crippen LogP contribution < -0.4 is 5.32 Å². The van der Waals surface area contributed by atoms with E-state index in [1.165, 1.54) is 0 Å². The topological polar surface area (TPSA) is 63.2 Å². The number of nitrogens with one attached hydrogen (secondary N) is 1. The van der Waals surface area contributed by atoms with Crippen molar-refractivity contribution in [3.63, 3.8) is 0 Å². The first-order chi connectivity index (χ1) is 9.84. The largest absolute Gasteiger partial charge is 0.459 e. The van der Waals surface area contributed by atoms with Crippen LogP contribution in [0.25, 0.3) is 0 Å². The molecule has 0 saturated carbocycles. The van der Waals surface area contributed by atoms with Crippen LogP contribution >= 0.6 is 24.0 Å². The summed E-state index contributed by atoms with van der Waals surface area (Å²) < 4.78 is 10.8. The number of ether oxygens (including phenoxy) is 2. The molecular weight excluding hydrogens is 397 g/mol. The van der Waals surface area contributed by atoms with Gasteiger partial charge in [0.25, 0.3) is 0 Å². The van der Waals surface area contributed by atoms with Crippen molar-refractivity contribution in [2.45, 2.75) is 39.2 Å². The fraction of sp³-hybridized carbons (Fsp3) is 0.867. The standard InChI is InChI=1S/C15H27N3O3.HI/c1-14(2,3)21-12(19)9-17-13(16-4)18-7-5-15(10-18)6-8-20-11-15;/h5-11H2,1-4H3,(H,16,17);1H. The number of rotatable bonds is 2. The average molecular weight is 425 g/mol. The van der Waals surface area contributed by atoms with Crippen LogP contribution in [0, 0.1) is 5.41 Å². The van der Waals surface area contributed by atoms with Gasteiger partial charge in [-0.1, -0.05) is 0 Å². The smallest absolute Gasteiger partial charge is 0.325 e. The van der Waals surface area contributed by atoms with Crippen LogP contribution in [0.4, 0.5) is 0 Å². The average Bonchev–Trinajstić information content (AvgIpc) is 2.99. The number of carbonyl (C=O) groups excluding carboxylic acids is 1. The summed E-state index contributed by atoms with van der Waals surface area (Å²) in [5.74, 6) is 0.506. The highest BCUT2D eigenvalue weighted by Crippen LogP contribution is 2.38. The normalized spacial score (nSPS) is 25.3. The summed E-state index contributed by atoms with van der Waals surface area (Å²) in [6.45, 7) is 9.34. The molecule has 0 aromatic heterocycles. The second kappa shape index (κ2) is 7.81. The highest BCUT2D eigenvalue weighted by molar-refractivity contribution is 14.0. The van der Waals surface area contributed by atoms with Crippen LogP contribution in [-0.4, -0.2) is 62.3 Å². The van der Waals surface area contributed by atoms with Crippen molar-refractivity contribution in [1.29, 1.82) is 0 Å². The Hall–Kier alpha value is -0.570. The van der Waals surface area contributed by atoms with E-state index in [9.17, 15) is 4.79 Å². The first-order valence-electron chi connectivity index (χ1n) is 7.59. The quantitative estimate of drug-likeness (QED) is 0.316. The molecule has 2 aliphatic rings. The molecule has 6 nitrogen and oxygen atoms in total. The fourth-order valence-corrected chi connectivity index (χ4v) is 2.95. The number of aliphatic imine (C=N–C) groups is 1. The first-order valence-corrected chi connectivity index (χ1v) is 7.59. The zero-order chi connectivity index (χ0) is 15.5. The monoisotopic (exact) mass is 425 g/mol. The van der Waals surface area contributed by atoms with Crippen LogP contribution in [0.15, 0.2) is 4.99 Å². The molecule has 0 amide bonds. The number of halogens is 1. The second-order valence-electron chi connectivity index (χ2n) is 6.96. The minimum Gasteiger partial charge on any atom is -0.459 e. The molecule has 2 aliphatic heterocycles. The van der Waals surface area contributed by atoms with Crippen molar-refractivity contribution in [3.8, 4) is 0 Å². The summed E-state index contributed by atoms with van der Waals surface area (Å²) in [6, 6.07) is 0. The molecule has 1 spiro atoms. The van der Waals surface area contributed by atoms with Crippen molar-refractivity contribution in [3.05, 3.63) is 0 Å². The molecule has 7 heteroatoms. The minimum atomic E-state index is -0.457. The zero-order valence-electron chi connectivity index (χ0n) is 14.0. The van der Waals surface area contributed by atoms with E-state index < -0.39 is 5.60 Å². The lowest BCUT2D eigenvalue weighted by atomic mass is 9.87. The Kier molecular flexibility index (Phi) is 6.91. The number of esters is 1. The molecule has 0 radical (unpaired) electrons. The first kappa shape index (κ1) is 19.5. The van der Waals surface area contributed by atoms with Gasteiger partial charge in [-0.15, -0.1) is 24.0 Å². The predicted molar refractivity (Wildman–Crippen MR) is 96.7 cm³/mol. The van der Waals surface area contributed by atoms with Gasteiger partial charge in [-0.25, -0.2) is 0 Å². The molecule has 1 atom stereocenters. The van der Waals surface area contributed by atoms with Crippen molar-refractivity contribution in [2.24, 2.45) is 10.4 Å². The number of guanidine groups is 1. The van der Waals surface area contributed by atoms with E-state index in [0.29, 0.717) is 0 Å². The lowest BCUT2D eigenvalue weighted by molar-refractivity contribution is -0.153. The number of hydrogen-bond donors (Lipinski definition) is 1. The Morgan fingerprint density at radius 1 is 1.41 bits per heavy atom. The minimum absolute atomic E-state index is 0. The van der Waals surface area contributed by atoms with Gasteiger partial charge >= 0.3 is 5.97 Å². The van der Waals surface area contributed by atoms with Gasteiger partial charge in [0.1, 0.15) is 12.1 Å². The molecule has 1 unspecified atom stereocenters. The van der Waals surface area contributed by atoms with Gasteiger partial charge in [-0.05, 0) is 33.6 Å².